The average Bonchev–Trinajstić information content (AvgIpc) is 3.08. The van der Waals surface area contributed by atoms with Crippen molar-refractivity contribution >= 4 is 29.0 Å². The molecule has 1 aromatic heterocycles. The van der Waals surface area contributed by atoms with Crippen molar-refractivity contribution in [1.82, 2.24) is 14.8 Å². The molecular formula is C24H29N3O7. The van der Waals surface area contributed by atoms with Crippen LogP contribution < -0.4 is 11.1 Å². The molecule has 1 saturated heterocycles. The molecule has 3 rings (SSSR count). The maximum atomic E-state index is 12.5. The van der Waals surface area contributed by atoms with E-state index in [1.54, 1.807) is 25.2 Å². The monoisotopic (exact) mass is 471 g/mol. The van der Waals surface area contributed by atoms with Crippen molar-refractivity contribution in [3.63, 3.8) is 0 Å². The fourth-order valence-electron chi connectivity index (χ4n) is 3.47. The lowest BCUT2D eigenvalue weighted by molar-refractivity contribution is -0.135. The van der Waals surface area contributed by atoms with Crippen molar-refractivity contribution in [2.24, 2.45) is 0 Å². The summed E-state index contributed by atoms with van der Waals surface area (Å²) < 4.78 is 17.5. The van der Waals surface area contributed by atoms with Gasteiger partial charge in [-0.25, -0.2) is 9.59 Å². The normalized spacial score (nSPS) is 16.1. The van der Waals surface area contributed by atoms with E-state index in [9.17, 15) is 19.2 Å². The van der Waals surface area contributed by atoms with E-state index in [0.717, 1.165) is 0 Å². The molecule has 1 N–H and O–H groups in total. The molecule has 0 radical (unpaired) electrons. The van der Waals surface area contributed by atoms with Crippen LogP contribution in [0.15, 0.2) is 27.4 Å². The minimum Gasteiger partial charge on any atom is -0.444 e. The van der Waals surface area contributed by atoms with Crippen LogP contribution in [0.25, 0.3) is 11.1 Å². The van der Waals surface area contributed by atoms with Gasteiger partial charge in [0, 0.05) is 26.6 Å². The summed E-state index contributed by atoms with van der Waals surface area (Å²) in [5.41, 5.74) is 0.678. The SMILES string of the molecule is CN(CCCOCC#Cc1cccc2c1oc(=O)n2C1CCC(=O)NC1=O)C(=O)OC(C)(C)C. The molecule has 2 aromatic rings. The number of hydrogen-bond donors (Lipinski definition) is 1. The van der Waals surface area contributed by atoms with Crippen molar-refractivity contribution in [2.45, 2.75) is 51.7 Å². The van der Waals surface area contributed by atoms with Crippen LogP contribution in [-0.2, 0) is 19.1 Å². The number of fused-ring (bicyclic) bond motifs is 1. The van der Waals surface area contributed by atoms with Crippen LogP contribution in [-0.4, -0.2) is 59.8 Å². The van der Waals surface area contributed by atoms with Crippen molar-refractivity contribution in [3.05, 3.63) is 34.3 Å². The first-order valence-electron chi connectivity index (χ1n) is 11.1. The highest BCUT2D eigenvalue weighted by atomic mass is 16.6. The summed E-state index contributed by atoms with van der Waals surface area (Å²) in [7, 11) is 1.67. The third-order valence-corrected chi connectivity index (χ3v) is 5.05. The summed E-state index contributed by atoms with van der Waals surface area (Å²) in [6.45, 7) is 6.50. The first-order chi connectivity index (χ1) is 16.1. The van der Waals surface area contributed by atoms with Gasteiger partial charge in [0.15, 0.2) is 5.58 Å². The molecule has 3 amide bonds. The Balaban J connectivity index is 1.56. The zero-order valence-corrected chi connectivity index (χ0v) is 19.8. The summed E-state index contributed by atoms with van der Waals surface area (Å²) in [6, 6.07) is 4.30. The Hall–Kier alpha value is -3.58. The van der Waals surface area contributed by atoms with Gasteiger partial charge in [-0.1, -0.05) is 17.9 Å². The van der Waals surface area contributed by atoms with Gasteiger partial charge in [0.25, 0.3) is 0 Å². The van der Waals surface area contributed by atoms with E-state index in [4.69, 9.17) is 13.9 Å². The van der Waals surface area contributed by atoms with E-state index in [1.807, 2.05) is 20.8 Å². The van der Waals surface area contributed by atoms with Gasteiger partial charge >= 0.3 is 11.8 Å². The predicted molar refractivity (Wildman–Crippen MR) is 123 cm³/mol. The van der Waals surface area contributed by atoms with Crippen LogP contribution >= 0.6 is 0 Å². The number of benzene rings is 1. The van der Waals surface area contributed by atoms with Gasteiger partial charge in [0.2, 0.25) is 11.8 Å². The van der Waals surface area contributed by atoms with Gasteiger partial charge in [0.1, 0.15) is 18.2 Å². The van der Waals surface area contributed by atoms with Gasteiger partial charge in [-0.2, -0.15) is 0 Å². The van der Waals surface area contributed by atoms with Gasteiger partial charge in [-0.15, -0.1) is 0 Å². The van der Waals surface area contributed by atoms with E-state index in [1.165, 1.54) is 9.47 Å². The van der Waals surface area contributed by atoms with E-state index in [2.05, 4.69) is 17.2 Å². The molecule has 1 atom stereocenters. The summed E-state index contributed by atoms with van der Waals surface area (Å²) in [4.78, 5) is 49.5. The molecule has 10 heteroatoms. The molecule has 0 aliphatic carbocycles. The Morgan fingerprint density at radius 1 is 1.29 bits per heavy atom. The second-order valence-corrected chi connectivity index (χ2v) is 8.97. The summed E-state index contributed by atoms with van der Waals surface area (Å²) in [5, 5.41) is 2.25. The molecule has 1 aliphatic heterocycles. The maximum absolute atomic E-state index is 12.5. The molecule has 1 aliphatic rings. The van der Waals surface area contributed by atoms with Gasteiger partial charge in [-0.05, 0) is 45.7 Å². The first-order valence-corrected chi connectivity index (χ1v) is 11.1. The number of aromatic nitrogens is 1. The molecule has 1 aromatic carbocycles. The fraction of sp³-hybridized carbons (Fsp3) is 0.500. The topological polar surface area (TPSA) is 120 Å². The smallest absolute Gasteiger partial charge is 0.420 e. The first kappa shape index (κ1) is 25.1. The molecule has 0 saturated carbocycles. The summed E-state index contributed by atoms with van der Waals surface area (Å²) in [6.07, 6.45) is 0.619. The Bertz CT molecular complexity index is 1190. The Morgan fingerprint density at radius 3 is 2.76 bits per heavy atom. The summed E-state index contributed by atoms with van der Waals surface area (Å²) in [5.74, 6) is 4.26. The third kappa shape index (κ3) is 6.26. The van der Waals surface area contributed by atoms with Crippen LogP contribution in [0.1, 0.15) is 51.6 Å². The van der Waals surface area contributed by atoms with Crippen LogP contribution in [0, 0.1) is 11.8 Å². The van der Waals surface area contributed by atoms with E-state index >= 15 is 0 Å². The molecule has 0 spiro atoms. The van der Waals surface area contributed by atoms with Gasteiger partial charge in [0.05, 0.1) is 11.1 Å². The third-order valence-electron chi connectivity index (χ3n) is 5.05. The predicted octanol–water partition coefficient (Wildman–Crippen LogP) is 2.20. The number of piperidine rings is 1. The molecule has 34 heavy (non-hydrogen) atoms. The molecule has 1 unspecified atom stereocenters. The van der Waals surface area contributed by atoms with Gasteiger partial charge in [-0.3, -0.25) is 19.5 Å². The number of amides is 3. The number of carbonyl (C=O) groups is 3. The second-order valence-electron chi connectivity index (χ2n) is 8.97. The standard InChI is InChI=1S/C24H29N3O7/c1-24(2,3)34-22(30)26(4)13-7-15-32-14-6-9-16-8-5-10-17-20(16)33-23(31)27(17)18-11-12-19(28)25-21(18)29/h5,8,10,18H,7,11-15H2,1-4H3,(H,25,28,29). The van der Waals surface area contributed by atoms with Crippen molar-refractivity contribution < 1.29 is 28.3 Å². The highest BCUT2D eigenvalue weighted by Crippen LogP contribution is 2.24. The molecular weight excluding hydrogens is 442 g/mol. The molecule has 0 bridgehead atoms. The number of nitrogens with zero attached hydrogens (tertiary/aromatic N) is 2. The minimum absolute atomic E-state index is 0.153. The van der Waals surface area contributed by atoms with E-state index < -0.39 is 23.3 Å². The number of oxazole rings is 1. The lowest BCUT2D eigenvalue weighted by Crippen LogP contribution is -2.43. The maximum Gasteiger partial charge on any atom is 0.420 e. The zero-order chi connectivity index (χ0) is 24.9. The average molecular weight is 472 g/mol. The van der Waals surface area contributed by atoms with Crippen molar-refractivity contribution in [2.75, 3.05) is 26.8 Å². The number of para-hydroxylation sites is 1. The highest BCUT2D eigenvalue weighted by Gasteiger charge is 2.31. The molecule has 182 valence electrons. The zero-order valence-electron chi connectivity index (χ0n) is 19.8. The van der Waals surface area contributed by atoms with Crippen molar-refractivity contribution in [3.8, 4) is 11.8 Å². The van der Waals surface area contributed by atoms with Crippen molar-refractivity contribution in [1.29, 1.82) is 0 Å². The lowest BCUT2D eigenvalue weighted by Gasteiger charge is -2.24. The molecule has 2 heterocycles. The number of hydrogen-bond acceptors (Lipinski definition) is 7. The number of nitrogens with one attached hydrogen (secondary N) is 1. The minimum atomic E-state index is -0.809. The van der Waals surface area contributed by atoms with Crippen LogP contribution in [0.5, 0.6) is 0 Å². The largest absolute Gasteiger partial charge is 0.444 e. The number of imide groups is 1. The van der Waals surface area contributed by atoms with E-state index in [0.29, 0.717) is 30.7 Å². The molecule has 1 fully saturated rings. The quantitative estimate of drug-likeness (QED) is 0.390. The molecule has 10 nitrogen and oxygen atoms in total. The fourth-order valence-corrected chi connectivity index (χ4v) is 3.47. The Labute approximate surface area is 197 Å². The lowest BCUT2D eigenvalue weighted by atomic mass is 10.1. The van der Waals surface area contributed by atoms with E-state index in [-0.39, 0.29) is 37.0 Å². The highest BCUT2D eigenvalue weighted by molar-refractivity contribution is 6.00. The summed E-state index contributed by atoms with van der Waals surface area (Å²) >= 11 is 0. The van der Waals surface area contributed by atoms with Gasteiger partial charge < -0.3 is 18.8 Å². The second kappa shape index (κ2) is 10.6. The number of carbonyl (C=O) groups excluding carboxylic acids is 3. The number of rotatable bonds is 6. The number of ether oxygens (including phenoxy) is 2. The van der Waals surface area contributed by atoms with Crippen LogP contribution in [0.2, 0.25) is 0 Å². The Morgan fingerprint density at radius 2 is 2.06 bits per heavy atom. The van der Waals surface area contributed by atoms with Crippen LogP contribution in [0.4, 0.5) is 4.79 Å². The van der Waals surface area contributed by atoms with Crippen LogP contribution in [0.3, 0.4) is 0 Å². The Kier molecular flexibility index (Phi) is 7.79.